The predicted molar refractivity (Wildman–Crippen MR) is 132 cm³/mol. The summed E-state index contributed by atoms with van der Waals surface area (Å²) in [4.78, 5) is 28.0. The molecular weight excluding hydrogens is 452 g/mol. The second-order valence-corrected chi connectivity index (χ2v) is 10.2. The molecule has 8 nitrogen and oxygen atoms in total. The van der Waals surface area contributed by atoms with E-state index in [4.69, 9.17) is 4.74 Å². The lowest BCUT2D eigenvalue weighted by Gasteiger charge is -2.39. The molecule has 180 valence electrons. The molecule has 1 aromatic carbocycles. The Hall–Kier alpha value is -3.04. The quantitative estimate of drug-likeness (QED) is 0.550. The van der Waals surface area contributed by atoms with Crippen molar-refractivity contribution in [1.29, 1.82) is 0 Å². The van der Waals surface area contributed by atoms with Gasteiger partial charge in [0.2, 0.25) is 5.43 Å². The number of fused-ring (bicyclic) bond motifs is 1. The van der Waals surface area contributed by atoms with Crippen LogP contribution in [0.25, 0.3) is 10.6 Å². The highest BCUT2D eigenvalue weighted by atomic mass is 32.1. The Morgan fingerprint density at radius 1 is 1.18 bits per heavy atom. The average Bonchev–Trinajstić information content (AvgIpc) is 3.26. The Labute approximate surface area is 202 Å². The normalized spacial score (nSPS) is 16.7. The largest absolute Gasteiger partial charge is 0.503 e. The van der Waals surface area contributed by atoms with Gasteiger partial charge in [-0.05, 0) is 39.7 Å². The summed E-state index contributed by atoms with van der Waals surface area (Å²) < 4.78 is 7.19. The molecule has 1 aliphatic rings. The zero-order valence-corrected chi connectivity index (χ0v) is 20.9. The van der Waals surface area contributed by atoms with Gasteiger partial charge in [0.15, 0.2) is 16.5 Å². The van der Waals surface area contributed by atoms with Gasteiger partial charge in [-0.25, -0.2) is 0 Å². The van der Waals surface area contributed by atoms with Crippen molar-refractivity contribution in [3.63, 3.8) is 0 Å². The first-order valence-electron chi connectivity index (χ1n) is 11.4. The summed E-state index contributed by atoms with van der Waals surface area (Å²) in [6, 6.07) is 7.96. The highest BCUT2D eigenvalue weighted by molar-refractivity contribution is 7.14. The molecule has 1 aliphatic heterocycles. The smallest absolute Gasteiger partial charge is 0.274 e. The first kappa shape index (κ1) is 24.1. The number of nitrogens with zero attached hydrogens (tertiary/aromatic N) is 4. The van der Waals surface area contributed by atoms with Gasteiger partial charge < -0.3 is 19.3 Å². The second kappa shape index (κ2) is 9.68. The third kappa shape index (κ3) is 4.63. The summed E-state index contributed by atoms with van der Waals surface area (Å²) in [6.07, 6.45) is 2.81. The number of aromatic hydroxyl groups is 1. The van der Waals surface area contributed by atoms with Crippen LogP contribution in [-0.4, -0.2) is 56.5 Å². The lowest BCUT2D eigenvalue weighted by atomic mass is 10.0. The van der Waals surface area contributed by atoms with E-state index in [9.17, 15) is 14.7 Å². The van der Waals surface area contributed by atoms with Crippen molar-refractivity contribution in [2.75, 3.05) is 13.7 Å². The van der Waals surface area contributed by atoms with Crippen LogP contribution in [0, 0.1) is 6.92 Å². The number of rotatable bonds is 7. The zero-order chi connectivity index (χ0) is 24.6. The van der Waals surface area contributed by atoms with Crippen LogP contribution in [0.5, 0.6) is 5.75 Å². The molecule has 2 atom stereocenters. The van der Waals surface area contributed by atoms with Crippen molar-refractivity contribution in [3.8, 4) is 16.3 Å². The fraction of sp³-hybridized carbons (Fsp3) is 0.440. The standard InChI is InChI=1S/C25H30N4O4S/c1-14(2)28-12-18(10-16(4)33-5)29-13-19(22(30)23(31)21(29)25(28)32)24-27-26-20(34-24)11-17-8-6-15(3)7-9-17/h6-9,13-14,16,18,31H,10-12H2,1-5H3/t16-,18+/m1/s1. The number of carbonyl (C=O) groups excluding carboxylic acids is 1. The Morgan fingerprint density at radius 2 is 1.88 bits per heavy atom. The van der Waals surface area contributed by atoms with E-state index >= 15 is 0 Å². The number of ether oxygens (including phenoxy) is 1. The van der Waals surface area contributed by atoms with E-state index in [1.54, 1.807) is 22.8 Å². The molecule has 1 N–H and O–H groups in total. The van der Waals surface area contributed by atoms with Gasteiger partial charge in [-0.2, -0.15) is 0 Å². The summed E-state index contributed by atoms with van der Waals surface area (Å²) in [5.41, 5.74) is 1.94. The maximum atomic E-state index is 13.2. The molecule has 34 heavy (non-hydrogen) atoms. The topological polar surface area (TPSA) is 97.6 Å². The second-order valence-electron chi connectivity index (χ2n) is 9.13. The molecule has 0 unspecified atom stereocenters. The van der Waals surface area contributed by atoms with Crippen LogP contribution >= 0.6 is 11.3 Å². The molecule has 0 fully saturated rings. The van der Waals surface area contributed by atoms with Crippen molar-refractivity contribution in [3.05, 3.63) is 62.5 Å². The fourth-order valence-electron chi connectivity index (χ4n) is 4.23. The number of carbonyl (C=O) groups is 1. The predicted octanol–water partition coefficient (Wildman–Crippen LogP) is 3.80. The minimum atomic E-state index is -0.609. The maximum Gasteiger partial charge on any atom is 0.274 e. The zero-order valence-electron chi connectivity index (χ0n) is 20.1. The van der Waals surface area contributed by atoms with Gasteiger partial charge in [0.05, 0.1) is 17.7 Å². The van der Waals surface area contributed by atoms with Crippen molar-refractivity contribution >= 4 is 17.2 Å². The SMILES string of the molecule is CO[C@H](C)C[C@H]1CN(C(C)C)C(=O)c2c(O)c(=O)c(-c3nnc(Cc4ccc(C)cc4)s3)cn21. The fourth-order valence-corrected chi connectivity index (χ4v) is 5.11. The number of hydrogen-bond acceptors (Lipinski definition) is 7. The highest BCUT2D eigenvalue weighted by Gasteiger charge is 2.36. The van der Waals surface area contributed by atoms with E-state index in [1.165, 1.54) is 16.9 Å². The summed E-state index contributed by atoms with van der Waals surface area (Å²) in [5, 5.41) is 20.6. The van der Waals surface area contributed by atoms with Gasteiger partial charge in [-0.15, -0.1) is 10.2 Å². The third-order valence-corrected chi connectivity index (χ3v) is 7.23. The lowest BCUT2D eigenvalue weighted by Crippen LogP contribution is -2.48. The number of aryl methyl sites for hydroxylation is 1. The Morgan fingerprint density at radius 3 is 2.53 bits per heavy atom. The summed E-state index contributed by atoms with van der Waals surface area (Å²) >= 11 is 1.32. The first-order valence-corrected chi connectivity index (χ1v) is 12.2. The summed E-state index contributed by atoms with van der Waals surface area (Å²) in [6.45, 7) is 8.30. The van der Waals surface area contributed by atoms with E-state index in [-0.39, 0.29) is 35.4 Å². The van der Waals surface area contributed by atoms with Gasteiger partial charge in [-0.3, -0.25) is 9.59 Å². The van der Waals surface area contributed by atoms with Gasteiger partial charge in [0, 0.05) is 32.3 Å². The molecule has 1 amide bonds. The molecule has 0 saturated heterocycles. The number of pyridine rings is 1. The van der Waals surface area contributed by atoms with Crippen LogP contribution in [0.1, 0.15) is 59.9 Å². The molecule has 2 aromatic heterocycles. The maximum absolute atomic E-state index is 13.2. The van der Waals surface area contributed by atoms with Gasteiger partial charge in [0.1, 0.15) is 5.01 Å². The number of benzene rings is 1. The van der Waals surface area contributed by atoms with Crippen LogP contribution in [0.2, 0.25) is 0 Å². The molecular formula is C25H30N4O4S. The lowest BCUT2D eigenvalue weighted by molar-refractivity contribution is 0.0497. The Kier molecular flexibility index (Phi) is 6.86. The van der Waals surface area contributed by atoms with Gasteiger partial charge >= 0.3 is 0 Å². The van der Waals surface area contributed by atoms with E-state index in [1.807, 2.05) is 52.0 Å². The monoisotopic (exact) mass is 482 g/mol. The van der Waals surface area contributed by atoms with Crippen LogP contribution in [0.4, 0.5) is 0 Å². The van der Waals surface area contributed by atoms with Crippen LogP contribution < -0.4 is 5.43 Å². The molecule has 3 heterocycles. The minimum absolute atomic E-state index is 0.0198. The van der Waals surface area contributed by atoms with Crippen LogP contribution in [0.3, 0.4) is 0 Å². The molecule has 0 bridgehead atoms. The number of methoxy groups -OCH3 is 1. The molecule has 0 aliphatic carbocycles. The molecule has 4 rings (SSSR count). The van der Waals surface area contributed by atoms with E-state index in [2.05, 4.69) is 10.2 Å². The molecule has 9 heteroatoms. The van der Waals surface area contributed by atoms with E-state index in [0.29, 0.717) is 24.4 Å². The van der Waals surface area contributed by atoms with Crippen molar-refractivity contribution in [2.45, 2.75) is 58.7 Å². The van der Waals surface area contributed by atoms with Gasteiger partial charge in [0.25, 0.3) is 5.91 Å². The molecule has 3 aromatic rings. The van der Waals surface area contributed by atoms with Crippen molar-refractivity contribution in [1.82, 2.24) is 19.7 Å². The van der Waals surface area contributed by atoms with E-state index < -0.39 is 11.2 Å². The highest BCUT2D eigenvalue weighted by Crippen LogP contribution is 2.33. The number of hydrogen-bond donors (Lipinski definition) is 1. The molecule has 0 saturated carbocycles. The van der Waals surface area contributed by atoms with Crippen LogP contribution in [-0.2, 0) is 11.2 Å². The van der Waals surface area contributed by atoms with Crippen molar-refractivity contribution in [2.24, 2.45) is 0 Å². The molecule has 0 spiro atoms. The number of amides is 1. The first-order chi connectivity index (χ1) is 16.2. The third-order valence-electron chi connectivity index (χ3n) is 6.28. The number of aromatic nitrogens is 3. The summed E-state index contributed by atoms with van der Waals surface area (Å²) in [5.74, 6) is -0.895. The van der Waals surface area contributed by atoms with E-state index in [0.717, 1.165) is 10.6 Å². The average molecular weight is 483 g/mol. The molecule has 0 radical (unpaired) electrons. The van der Waals surface area contributed by atoms with Crippen LogP contribution in [0.15, 0.2) is 35.3 Å². The van der Waals surface area contributed by atoms with Gasteiger partial charge in [-0.1, -0.05) is 41.2 Å². The Balaban J connectivity index is 1.75. The summed E-state index contributed by atoms with van der Waals surface area (Å²) in [7, 11) is 1.64. The Bertz CT molecular complexity index is 1250. The van der Waals surface area contributed by atoms with Crippen molar-refractivity contribution < 1.29 is 14.6 Å². The minimum Gasteiger partial charge on any atom is -0.503 e.